The Kier molecular flexibility index (Phi) is 3.78. The van der Waals surface area contributed by atoms with E-state index in [9.17, 15) is 0 Å². The summed E-state index contributed by atoms with van der Waals surface area (Å²) in [5.41, 5.74) is 1.07. The molecular weight excluding hydrogens is 304 g/mol. The summed E-state index contributed by atoms with van der Waals surface area (Å²) in [5, 5.41) is 0. The minimum absolute atomic E-state index is 0.534. The summed E-state index contributed by atoms with van der Waals surface area (Å²) in [6, 6.07) is 28.1. The van der Waals surface area contributed by atoms with Crippen LogP contribution in [0.2, 0.25) is 0 Å². The zero-order valence-corrected chi connectivity index (χ0v) is 13.1. The van der Waals surface area contributed by atoms with Crippen LogP contribution in [0.25, 0.3) is 4.91 Å². The minimum Gasteiger partial charge on any atom is -0.421 e. The summed E-state index contributed by atoms with van der Waals surface area (Å²) in [6.07, 6.45) is 0. The first-order valence-corrected chi connectivity index (χ1v) is 8.19. The second kappa shape index (κ2) is 6.23. The molecule has 0 saturated carbocycles. The summed E-state index contributed by atoms with van der Waals surface area (Å²) in [5.74, 6) is 2.04. The third-order valence-corrected chi connectivity index (χ3v) is 4.55. The molecule has 0 spiro atoms. The van der Waals surface area contributed by atoms with E-state index >= 15 is 0 Å². The van der Waals surface area contributed by atoms with Crippen molar-refractivity contribution in [2.75, 3.05) is 0 Å². The van der Waals surface area contributed by atoms with Crippen LogP contribution in [0.15, 0.2) is 95.8 Å². The molecule has 3 heteroatoms. The first-order chi connectivity index (χ1) is 11.4. The average molecular weight is 318 g/mol. The number of hydrogen-bond donors (Lipinski definition) is 0. The van der Waals surface area contributed by atoms with Crippen molar-refractivity contribution in [3.63, 3.8) is 0 Å². The van der Waals surface area contributed by atoms with Gasteiger partial charge in [0.25, 0.3) is 0 Å². The Hall–Kier alpha value is -2.65. The second-order valence-electron chi connectivity index (χ2n) is 5.05. The number of fused-ring (bicyclic) bond motifs is 1. The lowest BCUT2D eigenvalue weighted by atomic mass is 10.2. The molecule has 0 amide bonds. The number of thioether (sulfide) groups is 1. The number of rotatable bonds is 3. The third-order valence-electron chi connectivity index (χ3n) is 3.44. The number of benzene rings is 3. The van der Waals surface area contributed by atoms with Gasteiger partial charge in [-0.3, -0.25) is 0 Å². The van der Waals surface area contributed by atoms with E-state index in [0.717, 1.165) is 26.9 Å². The van der Waals surface area contributed by atoms with E-state index in [2.05, 4.69) is 24.3 Å². The van der Waals surface area contributed by atoms with Crippen LogP contribution < -0.4 is 9.47 Å². The van der Waals surface area contributed by atoms with Gasteiger partial charge in [0.15, 0.2) is 11.5 Å². The van der Waals surface area contributed by atoms with E-state index in [-0.39, 0.29) is 0 Å². The fraction of sp³-hybridized carbons (Fsp3) is 0. The molecule has 23 heavy (non-hydrogen) atoms. The lowest BCUT2D eigenvalue weighted by Crippen LogP contribution is -1.98. The molecule has 0 radical (unpaired) electrons. The number of ether oxygens (including phenoxy) is 2. The molecule has 0 aromatic heterocycles. The summed E-state index contributed by atoms with van der Waals surface area (Å²) in [4.78, 5) is 2.11. The van der Waals surface area contributed by atoms with E-state index < -0.39 is 0 Å². The van der Waals surface area contributed by atoms with Crippen LogP contribution in [0, 0.1) is 0 Å². The van der Waals surface area contributed by atoms with Gasteiger partial charge in [-0.1, -0.05) is 72.4 Å². The van der Waals surface area contributed by atoms with Crippen LogP contribution >= 0.6 is 11.8 Å². The topological polar surface area (TPSA) is 18.5 Å². The normalized spacial score (nSPS) is 12.3. The monoisotopic (exact) mass is 318 g/mol. The molecule has 1 aliphatic heterocycles. The van der Waals surface area contributed by atoms with Crippen molar-refractivity contribution in [1.29, 1.82) is 0 Å². The van der Waals surface area contributed by atoms with Crippen LogP contribution in [-0.2, 0) is 0 Å². The Balaban J connectivity index is 1.76. The Labute approximate surface area is 139 Å². The maximum Gasteiger partial charge on any atom is 0.305 e. The quantitative estimate of drug-likeness (QED) is 0.588. The van der Waals surface area contributed by atoms with Crippen LogP contribution in [0.3, 0.4) is 0 Å². The van der Waals surface area contributed by atoms with Crippen LogP contribution in [0.5, 0.6) is 11.5 Å². The molecule has 112 valence electrons. The highest BCUT2D eigenvalue weighted by atomic mass is 32.2. The summed E-state index contributed by atoms with van der Waals surface area (Å²) in [7, 11) is 0. The van der Waals surface area contributed by atoms with E-state index in [1.54, 1.807) is 11.8 Å². The van der Waals surface area contributed by atoms with Crippen molar-refractivity contribution >= 4 is 16.7 Å². The summed E-state index contributed by atoms with van der Waals surface area (Å²) >= 11 is 1.64. The highest BCUT2D eigenvalue weighted by molar-refractivity contribution is 8.08. The fourth-order valence-corrected chi connectivity index (χ4v) is 3.30. The van der Waals surface area contributed by atoms with Gasteiger partial charge in [0.2, 0.25) is 0 Å². The zero-order valence-electron chi connectivity index (χ0n) is 12.3. The molecule has 0 unspecified atom stereocenters. The molecule has 0 fully saturated rings. The number of para-hydroxylation sites is 2. The third kappa shape index (κ3) is 2.96. The molecule has 1 heterocycles. The van der Waals surface area contributed by atoms with Gasteiger partial charge in [0, 0.05) is 4.90 Å². The van der Waals surface area contributed by atoms with Crippen molar-refractivity contribution in [3.8, 4) is 11.5 Å². The van der Waals surface area contributed by atoms with Crippen LogP contribution in [-0.4, -0.2) is 0 Å². The van der Waals surface area contributed by atoms with Crippen molar-refractivity contribution in [1.82, 2.24) is 0 Å². The lowest BCUT2D eigenvalue weighted by Gasteiger charge is -2.10. The SMILES string of the molecule is c1ccc(SC(=C2Oc3ccccc3O2)c2ccccc2)cc1. The average Bonchev–Trinajstić information content (AvgIpc) is 3.05. The van der Waals surface area contributed by atoms with Gasteiger partial charge in [-0.15, -0.1) is 0 Å². The van der Waals surface area contributed by atoms with Gasteiger partial charge < -0.3 is 9.47 Å². The largest absolute Gasteiger partial charge is 0.421 e. The maximum atomic E-state index is 5.93. The predicted octanol–water partition coefficient (Wildman–Crippen LogP) is 5.58. The van der Waals surface area contributed by atoms with E-state index in [1.807, 2.05) is 60.7 Å². The molecule has 0 aliphatic carbocycles. The molecule has 4 rings (SSSR count). The van der Waals surface area contributed by atoms with Gasteiger partial charge in [0.1, 0.15) is 4.91 Å². The number of hydrogen-bond acceptors (Lipinski definition) is 3. The molecule has 1 aliphatic rings. The maximum absolute atomic E-state index is 5.93. The van der Waals surface area contributed by atoms with Crippen LogP contribution in [0.4, 0.5) is 0 Å². The molecule has 0 atom stereocenters. The van der Waals surface area contributed by atoms with Gasteiger partial charge in [-0.25, -0.2) is 0 Å². The Morgan fingerprint density at radius 2 is 1.13 bits per heavy atom. The first-order valence-electron chi connectivity index (χ1n) is 7.37. The molecule has 0 N–H and O–H groups in total. The fourth-order valence-electron chi connectivity index (χ4n) is 2.35. The molecule has 0 saturated heterocycles. The van der Waals surface area contributed by atoms with Crippen molar-refractivity contribution in [2.24, 2.45) is 0 Å². The molecule has 3 aromatic rings. The highest BCUT2D eigenvalue weighted by Crippen LogP contribution is 2.43. The molecule has 2 nitrogen and oxygen atoms in total. The Morgan fingerprint density at radius 3 is 1.74 bits per heavy atom. The van der Waals surface area contributed by atoms with Crippen molar-refractivity contribution in [2.45, 2.75) is 4.90 Å². The standard InChI is InChI=1S/C20H14O2S/c1-3-9-15(10-4-1)19(23-16-11-5-2-6-12-16)20-21-17-13-7-8-14-18(17)22-20/h1-14H. The van der Waals surface area contributed by atoms with E-state index in [1.165, 1.54) is 0 Å². The van der Waals surface area contributed by atoms with Crippen molar-refractivity contribution in [3.05, 3.63) is 96.4 Å². The van der Waals surface area contributed by atoms with Gasteiger partial charge in [0.05, 0.1) is 0 Å². The van der Waals surface area contributed by atoms with Crippen molar-refractivity contribution < 1.29 is 9.47 Å². The zero-order chi connectivity index (χ0) is 15.5. The highest BCUT2D eigenvalue weighted by Gasteiger charge is 2.24. The van der Waals surface area contributed by atoms with Gasteiger partial charge >= 0.3 is 5.95 Å². The predicted molar refractivity (Wildman–Crippen MR) is 93.4 cm³/mol. The summed E-state index contributed by atoms with van der Waals surface area (Å²) < 4.78 is 11.9. The molecule has 3 aromatic carbocycles. The first kappa shape index (κ1) is 14.0. The van der Waals surface area contributed by atoms with E-state index in [4.69, 9.17) is 9.47 Å². The Bertz CT molecular complexity index is 815. The van der Waals surface area contributed by atoms with Crippen LogP contribution in [0.1, 0.15) is 5.56 Å². The Morgan fingerprint density at radius 1 is 0.609 bits per heavy atom. The van der Waals surface area contributed by atoms with E-state index in [0.29, 0.717) is 5.95 Å². The molecular formula is C20H14O2S. The van der Waals surface area contributed by atoms with Gasteiger partial charge in [-0.05, 0) is 29.8 Å². The second-order valence-corrected chi connectivity index (χ2v) is 6.13. The lowest BCUT2D eigenvalue weighted by molar-refractivity contribution is 0.292. The van der Waals surface area contributed by atoms with Gasteiger partial charge in [-0.2, -0.15) is 0 Å². The smallest absolute Gasteiger partial charge is 0.305 e. The molecule has 0 bridgehead atoms. The summed E-state index contributed by atoms with van der Waals surface area (Å²) in [6.45, 7) is 0. The minimum atomic E-state index is 0.534.